The minimum absolute atomic E-state index is 0. The van der Waals surface area contributed by atoms with E-state index in [1.165, 1.54) is 135 Å². The second-order valence-corrected chi connectivity index (χ2v) is 47.7. The van der Waals surface area contributed by atoms with E-state index < -0.39 is 6.36 Å². The molecular formula is C127H179F3O. The molecule has 0 spiro atoms. The van der Waals surface area contributed by atoms with Gasteiger partial charge in [0.25, 0.3) is 0 Å². The van der Waals surface area contributed by atoms with E-state index in [1.807, 2.05) is 0 Å². The minimum Gasteiger partial charge on any atom is -0.406 e. The lowest BCUT2D eigenvalue weighted by atomic mass is 9.84. The molecule has 0 aliphatic rings. The lowest BCUT2D eigenvalue weighted by molar-refractivity contribution is -0.274. The predicted molar refractivity (Wildman–Crippen MR) is 578 cm³/mol. The Morgan fingerprint density at radius 2 is 0.489 bits per heavy atom. The Morgan fingerprint density at radius 1 is 0.206 bits per heavy atom. The van der Waals surface area contributed by atoms with Crippen LogP contribution in [0.4, 0.5) is 13.2 Å². The van der Waals surface area contributed by atoms with Crippen molar-refractivity contribution in [2.24, 2.45) is 43.3 Å². The summed E-state index contributed by atoms with van der Waals surface area (Å²) in [6.07, 6.45) is 4.24. The summed E-state index contributed by atoms with van der Waals surface area (Å²) in [4.78, 5) is 0. The molecule has 0 heterocycles. The summed E-state index contributed by atoms with van der Waals surface area (Å²) in [6, 6.07) is 100. The molecule has 0 N–H and O–H groups in total. The molecule has 0 aliphatic carbocycles. The van der Waals surface area contributed by atoms with Crippen molar-refractivity contribution in [3.63, 3.8) is 0 Å². The topological polar surface area (TPSA) is 9.23 Å². The Hall–Kier alpha value is -9.51. The summed E-state index contributed by atoms with van der Waals surface area (Å²) in [7, 11) is 0. The van der Waals surface area contributed by atoms with E-state index in [-0.39, 0.29) is 36.8 Å². The normalized spacial score (nSPS) is 11.7. The van der Waals surface area contributed by atoms with Gasteiger partial charge in [-0.05, 0) is 276 Å². The molecule has 12 aromatic rings. The van der Waals surface area contributed by atoms with Crippen LogP contribution >= 0.6 is 0 Å². The van der Waals surface area contributed by atoms with Gasteiger partial charge in [0, 0.05) is 0 Å². The van der Waals surface area contributed by atoms with Gasteiger partial charge >= 0.3 is 6.36 Å². The molecule has 0 fully saturated rings. The van der Waals surface area contributed by atoms with Gasteiger partial charge in [-0.1, -0.05) is 501 Å². The number of rotatable bonds is 11. The average Bonchev–Trinajstić information content (AvgIpc) is 0.749. The average molecular weight is 1780 g/mol. The van der Waals surface area contributed by atoms with Crippen LogP contribution in [-0.2, 0) is 62.2 Å². The van der Waals surface area contributed by atoms with Crippen LogP contribution in [0.25, 0.3) is 33.0 Å². The molecule has 1 nitrogen and oxygen atoms in total. The van der Waals surface area contributed by atoms with Crippen LogP contribution in [0.3, 0.4) is 0 Å². The van der Waals surface area contributed by atoms with Crippen LogP contribution < -0.4 is 4.74 Å². The fourth-order valence-corrected chi connectivity index (χ4v) is 14.8. The second kappa shape index (κ2) is 52.2. The van der Waals surface area contributed by atoms with E-state index in [0.717, 1.165) is 50.5 Å². The summed E-state index contributed by atoms with van der Waals surface area (Å²) >= 11 is 0. The Morgan fingerprint density at radius 3 is 0.855 bits per heavy atom. The van der Waals surface area contributed by atoms with Crippen LogP contribution in [0.5, 0.6) is 5.75 Å². The van der Waals surface area contributed by atoms with Gasteiger partial charge in [-0.2, -0.15) is 0 Å². The summed E-state index contributed by atoms with van der Waals surface area (Å²) in [5, 5.41) is 2.65. The monoisotopic (exact) mass is 1780 g/mol. The van der Waals surface area contributed by atoms with Gasteiger partial charge in [0.2, 0.25) is 0 Å². The van der Waals surface area contributed by atoms with E-state index in [0.29, 0.717) is 37.9 Å². The van der Waals surface area contributed by atoms with Crippen LogP contribution in [-0.4, -0.2) is 6.36 Å². The van der Waals surface area contributed by atoms with E-state index in [2.05, 4.69) is 515 Å². The van der Waals surface area contributed by atoms with Crippen LogP contribution in [0.15, 0.2) is 285 Å². The zero-order valence-electron chi connectivity index (χ0n) is 87.3. The van der Waals surface area contributed by atoms with Gasteiger partial charge in [-0.25, -0.2) is 0 Å². The van der Waals surface area contributed by atoms with E-state index in [9.17, 15) is 13.2 Å². The SMILES string of the molecule is C.C.CC(C)(C)Cc1ccc(-c2ccccc2)cc1.CC(C)(C)Cc1ccc(C(C)(C)C)cc1.CC(C)(C)Cc1ccc(OC(F)(F)F)cc1.CC(C)(C)Cc1cccc(-c2ccccc2)c1.CC(C)(C)Cc1ccccc1.CC(C)(C)c1ccc2ccccc2c1.Cc1ccc(C)c(CC(C)(C)C)c1.Cc1ccc(CC(C)(C)C)cc1C.Cc1ccc(CC(C)(C)C)cc1C. The Kier molecular flexibility index (Phi) is 46.9. The summed E-state index contributed by atoms with van der Waals surface area (Å²) < 4.78 is 39.5. The van der Waals surface area contributed by atoms with Crippen molar-refractivity contribution in [3.05, 3.63) is 374 Å². The maximum atomic E-state index is 11.9. The first kappa shape index (κ1) is 118. The molecule has 0 saturated heterocycles. The maximum absolute atomic E-state index is 11.9. The number of ether oxygens (including phenoxy) is 1. The zero-order chi connectivity index (χ0) is 97.4. The fraction of sp³-hybridized carbons (Fsp3) is 0.449. The summed E-state index contributed by atoms with van der Waals surface area (Å²) in [6.45, 7) is 80.6. The highest BCUT2D eigenvalue weighted by Crippen LogP contribution is 2.34. The third-order valence-corrected chi connectivity index (χ3v) is 21.0. The third-order valence-electron chi connectivity index (χ3n) is 21.0. The van der Waals surface area contributed by atoms with Crippen molar-refractivity contribution in [1.82, 2.24) is 0 Å². The van der Waals surface area contributed by atoms with Crippen LogP contribution in [0.1, 0.15) is 312 Å². The molecule has 0 aliphatic heterocycles. The number of hydrogen-bond acceptors (Lipinski definition) is 1. The molecule has 12 rings (SSSR count). The molecule has 0 atom stereocenters. The molecule has 0 unspecified atom stereocenters. The lowest BCUT2D eigenvalue weighted by Gasteiger charge is -2.21. The molecule has 0 bridgehead atoms. The minimum atomic E-state index is -4.62. The first-order chi connectivity index (χ1) is 59.2. The van der Waals surface area contributed by atoms with E-state index >= 15 is 0 Å². The molecule has 0 radical (unpaired) electrons. The Balaban J connectivity index is 0.000000499. The van der Waals surface area contributed by atoms with E-state index in [1.54, 1.807) is 12.1 Å². The molecular weight excluding hydrogens is 1600 g/mol. The van der Waals surface area contributed by atoms with Crippen molar-refractivity contribution in [2.45, 2.75) is 333 Å². The molecule has 4 heteroatoms. The zero-order valence-corrected chi connectivity index (χ0v) is 87.3. The van der Waals surface area contributed by atoms with Crippen molar-refractivity contribution in [3.8, 4) is 28.0 Å². The van der Waals surface area contributed by atoms with Gasteiger partial charge in [-0.3, -0.25) is 0 Å². The highest BCUT2D eigenvalue weighted by Gasteiger charge is 2.31. The maximum Gasteiger partial charge on any atom is 0.573 e. The van der Waals surface area contributed by atoms with Gasteiger partial charge < -0.3 is 4.74 Å². The van der Waals surface area contributed by atoms with Gasteiger partial charge in [0.05, 0.1) is 0 Å². The Labute approximate surface area is 801 Å². The second-order valence-electron chi connectivity index (χ2n) is 47.7. The molecule has 0 aromatic heterocycles. The summed E-state index contributed by atoms with van der Waals surface area (Å²) in [5.74, 6) is -0.176. The van der Waals surface area contributed by atoms with Crippen LogP contribution in [0.2, 0.25) is 0 Å². The lowest BCUT2D eigenvalue weighted by Crippen LogP contribution is -2.17. The largest absolute Gasteiger partial charge is 0.573 e. The van der Waals surface area contributed by atoms with E-state index in [4.69, 9.17) is 0 Å². The van der Waals surface area contributed by atoms with Crippen molar-refractivity contribution < 1.29 is 17.9 Å². The molecule has 12 aromatic carbocycles. The van der Waals surface area contributed by atoms with Gasteiger partial charge in [0.1, 0.15) is 5.75 Å². The van der Waals surface area contributed by atoms with Gasteiger partial charge in [0.15, 0.2) is 0 Å². The number of hydrogen-bond donors (Lipinski definition) is 0. The van der Waals surface area contributed by atoms with Gasteiger partial charge in [-0.15, -0.1) is 13.2 Å². The highest BCUT2D eigenvalue weighted by atomic mass is 19.4. The number of halogens is 3. The molecule has 714 valence electrons. The highest BCUT2D eigenvalue weighted by molar-refractivity contribution is 5.83. The first-order valence-corrected chi connectivity index (χ1v) is 47.2. The predicted octanol–water partition coefficient (Wildman–Crippen LogP) is 39.0. The van der Waals surface area contributed by atoms with Crippen molar-refractivity contribution in [2.75, 3.05) is 0 Å². The summed E-state index contributed by atoms with van der Waals surface area (Å²) in [5.41, 5.74) is 30.7. The number of aryl methyl sites for hydroxylation is 6. The smallest absolute Gasteiger partial charge is 0.406 e. The van der Waals surface area contributed by atoms with Crippen molar-refractivity contribution >= 4 is 10.8 Å². The van der Waals surface area contributed by atoms with Crippen molar-refractivity contribution in [1.29, 1.82) is 0 Å². The third kappa shape index (κ3) is 53.1. The standard InChI is InChI=1S/2C17H20.C15H24.C14H16.3C13H20.C12H15F3O.C11H16.2CH4/c1-17(2,3)13-14-8-7-11-16(12-14)15-9-5-4-6-10-15;1-17(2,3)13-14-9-11-16(12-10-14)15-7-5-4-6-8-15;1-14(2,3)11-12-7-9-13(10-8-12)15(4,5)6;1-14(2,3)13-9-8-11-6-4-5-7-12(11)10-13;2*1-10-6-7-12(8-11(10)2)9-13(3,4)5;1-10-6-7-11(2)12(8-10)9-13(3,4)5;1-11(2,3)8-9-4-6-10(7-5-9)16-12(13,14)15;1-11(2,3)9-10-7-5-4-6-8-10;;/h2*4-12H,13H2,1-3H3;7-10H,11H2,1-6H3;4-10H,1-3H3;3*6-8H,9H2,1-5H3;4-7H,8H2,1-3H3;4-8H,9H2,1-3H3;2*1H4. The molecule has 0 saturated carbocycles. The quantitative estimate of drug-likeness (QED) is 0.125. The molecule has 131 heavy (non-hydrogen) atoms. The number of alkyl halides is 3. The Bertz CT molecular complexity index is 5080. The van der Waals surface area contributed by atoms with Crippen LogP contribution in [0, 0.1) is 84.9 Å². The first-order valence-electron chi connectivity index (χ1n) is 47.2. The number of benzene rings is 12. The fourth-order valence-electron chi connectivity index (χ4n) is 14.8. The number of fused-ring (bicyclic) bond motifs is 1. The molecule has 0 amide bonds.